The van der Waals surface area contributed by atoms with Gasteiger partial charge in [0.05, 0.1) is 24.0 Å². The molecule has 0 aliphatic heterocycles. The van der Waals surface area contributed by atoms with E-state index in [0.29, 0.717) is 11.4 Å². The van der Waals surface area contributed by atoms with Crippen LogP contribution >= 0.6 is 0 Å². The Bertz CT molecular complexity index is 843. The van der Waals surface area contributed by atoms with E-state index in [1.54, 1.807) is 31.4 Å². The summed E-state index contributed by atoms with van der Waals surface area (Å²) in [6, 6.07) is 18.5. The van der Waals surface area contributed by atoms with Gasteiger partial charge in [0.2, 0.25) is 0 Å². The summed E-state index contributed by atoms with van der Waals surface area (Å²) in [6.45, 7) is 0. The molecule has 0 atom stereocenters. The van der Waals surface area contributed by atoms with Crippen molar-refractivity contribution in [2.75, 3.05) is 12.4 Å². The summed E-state index contributed by atoms with van der Waals surface area (Å²) < 4.78 is 5.42. The van der Waals surface area contributed by atoms with Gasteiger partial charge in [0.25, 0.3) is 0 Å². The molecule has 0 aromatic heterocycles. The molecular formula is C18H15NO3. The second kappa shape index (κ2) is 5.77. The first-order valence-electron chi connectivity index (χ1n) is 6.86. The Balaban J connectivity index is 2.16. The maximum atomic E-state index is 11.4. The monoisotopic (exact) mass is 293 g/mol. The molecule has 22 heavy (non-hydrogen) atoms. The fourth-order valence-corrected chi connectivity index (χ4v) is 2.46. The lowest BCUT2D eigenvalue weighted by molar-refractivity contribution is 0.0698. The van der Waals surface area contributed by atoms with Crippen LogP contribution in [-0.4, -0.2) is 18.2 Å². The summed E-state index contributed by atoms with van der Waals surface area (Å²) in [6.07, 6.45) is 0. The van der Waals surface area contributed by atoms with Gasteiger partial charge in [0.15, 0.2) is 0 Å². The van der Waals surface area contributed by atoms with Crippen molar-refractivity contribution in [2.24, 2.45) is 0 Å². The van der Waals surface area contributed by atoms with Crippen molar-refractivity contribution in [3.63, 3.8) is 0 Å². The minimum Gasteiger partial charge on any atom is -0.495 e. The van der Waals surface area contributed by atoms with Gasteiger partial charge in [-0.05, 0) is 23.6 Å². The number of nitrogens with one attached hydrogen (secondary N) is 1. The molecule has 4 nitrogen and oxygen atoms in total. The molecular weight excluding hydrogens is 278 g/mol. The van der Waals surface area contributed by atoms with Crippen LogP contribution in [0.4, 0.5) is 11.4 Å². The zero-order valence-corrected chi connectivity index (χ0v) is 12.0. The van der Waals surface area contributed by atoms with E-state index in [1.165, 1.54) is 0 Å². The van der Waals surface area contributed by atoms with Crippen LogP contribution in [-0.2, 0) is 0 Å². The molecule has 0 radical (unpaired) electrons. The molecule has 3 aromatic rings. The molecule has 0 saturated heterocycles. The minimum absolute atomic E-state index is 0.220. The van der Waals surface area contributed by atoms with Gasteiger partial charge >= 0.3 is 5.97 Å². The first kappa shape index (κ1) is 13.9. The SMILES string of the molecule is COc1ccc2ccccc2c1Nc1ccccc1C(=O)O. The predicted molar refractivity (Wildman–Crippen MR) is 87.2 cm³/mol. The Kier molecular flexibility index (Phi) is 3.66. The van der Waals surface area contributed by atoms with E-state index in [1.807, 2.05) is 36.4 Å². The Labute approximate surface area is 128 Å². The van der Waals surface area contributed by atoms with Crippen LogP contribution in [0.3, 0.4) is 0 Å². The van der Waals surface area contributed by atoms with Gasteiger partial charge in [-0.15, -0.1) is 0 Å². The average molecular weight is 293 g/mol. The third kappa shape index (κ3) is 2.46. The van der Waals surface area contributed by atoms with Crippen molar-refractivity contribution < 1.29 is 14.6 Å². The smallest absolute Gasteiger partial charge is 0.337 e. The Morgan fingerprint density at radius 1 is 1.00 bits per heavy atom. The number of benzene rings is 3. The molecule has 0 aliphatic carbocycles. The number of hydrogen-bond donors (Lipinski definition) is 2. The fourth-order valence-electron chi connectivity index (χ4n) is 2.46. The summed E-state index contributed by atoms with van der Waals surface area (Å²) >= 11 is 0. The van der Waals surface area contributed by atoms with E-state index < -0.39 is 5.97 Å². The molecule has 110 valence electrons. The lowest BCUT2D eigenvalue weighted by Crippen LogP contribution is -2.03. The van der Waals surface area contributed by atoms with E-state index in [4.69, 9.17) is 4.74 Å². The van der Waals surface area contributed by atoms with Crippen molar-refractivity contribution in [3.8, 4) is 5.75 Å². The van der Waals surface area contributed by atoms with Crippen molar-refractivity contribution in [2.45, 2.75) is 0 Å². The van der Waals surface area contributed by atoms with E-state index in [0.717, 1.165) is 16.5 Å². The molecule has 0 bridgehead atoms. The van der Waals surface area contributed by atoms with Crippen molar-refractivity contribution in [3.05, 3.63) is 66.2 Å². The van der Waals surface area contributed by atoms with Crippen LogP contribution < -0.4 is 10.1 Å². The zero-order valence-electron chi connectivity index (χ0n) is 12.0. The van der Waals surface area contributed by atoms with Crippen molar-refractivity contribution >= 4 is 28.1 Å². The molecule has 0 fully saturated rings. The second-order valence-electron chi connectivity index (χ2n) is 4.84. The van der Waals surface area contributed by atoms with Gasteiger partial charge in [0, 0.05) is 5.39 Å². The van der Waals surface area contributed by atoms with Crippen LogP contribution in [0.25, 0.3) is 10.8 Å². The van der Waals surface area contributed by atoms with Gasteiger partial charge < -0.3 is 15.2 Å². The van der Waals surface area contributed by atoms with Gasteiger partial charge in [-0.1, -0.05) is 42.5 Å². The number of fused-ring (bicyclic) bond motifs is 1. The number of carboxylic acids is 1. The van der Waals surface area contributed by atoms with E-state index in [9.17, 15) is 9.90 Å². The zero-order chi connectivity index (χ0) is 15.5. The first-order valence-corrected chi connectivity index (χ1v) is 6.86. The molecule has 3 rings (SSSR count). The lowest BCUT2D eigenvalue weighted by atomic mass is 10.1. The molecule has 3 aromatic carbocycles. The van der Waals surface area contributed by atoms with E-state index in [2.05, 4.69) is 5.32 Å². The highest BCUT2D eigenvalue weighted by atomic mass is 16.5. The Morgan fingerprint density at radius 2 is 1.73 bits per heavy atom. The molecule has 0 amide bonds. The number of para-hydroxylation sites is 1. The predicted octanol–water partition coefficient (Wildman–Crippen LogP) is 4.29. The molecule has 0 aliphatic rings. The van der Waals surface area contributed by atoms with Crippen LogP contribution in [0, 0.1) is 0 Å². The molecule has 0 spiro atoms. The Morgan fingerprint density at radius 3 is 2.50 bits per heavy atom. The number of carboxylic acid groups (broad SMARTS) is 1. The average Bonchev–Trinajstić information content (AvgIpc) is 2.55. The number of methoxy groups -OCH3 is 1. The number of carbonyl (C=O) groups is 1. The largest absolute Gasteiger partial charge is 0.495 e. The minimum atomic E-state index is -0.970. The van der Waals surface area contributed by atoms with Gasteiger partial charge in [0.1, 0.15) is 5.75 Å². The number of hydrogen-bond acceptors (Lipinski definition) is 3. The summed E-state index contributed by atoms with van der Waals surface area (Å²) in [5, 5.41) is 14.6. The lowest BCUT2D eigenvalue weighted by Gasteiger charge is -2.15. The fraction of sp³-hybridized carbons (Fsp3) is 0.0556. The molecule has 0 heterocycles. The van der Waals surface area contributed by atoms with Crippen LogP contribution in [0.2, 0.25) is 0 Å². The highest BCUT2D eigenvalue weighted by molar-refractivity contribution is 6.01. The molecule has 0 unspecified atom stereocenters. The van der Waals surface area contributed by atoms with Crippen LogP contribution in [0.15, 0.2) is 60.7 Å². The normalized spacial score (nSPS) is 10.4. The molecule has 0 saturated carbocycles. The quantitative estimate of drug-likeness (QED) is 0.753. The second-order valence-corrected chi connectivity index (χ2v) is 4.84. The summed E-state index contributed by atoms with van der Waals surface area (Å²) in [7, 11) is 1.60. The van der Waals surface area contributed by atoms with Crippen LogP contribution in [0.5, 0.6) is 5.75 Å². The van der Waals surface area contributed by atoms with E-state index in [-0.39, 0.29) is 5.56 Å². The number of anilines is 2. The summed E-state index contributed by atoms with van der Waals surface area (Å²) in [4.78, 5) is 11.4. The number of rotatable bonds is 4. The molecule has 2 N–H and O–H groups in total. The molecule has 4 heteroatoms. The van der Waals surface area contributed by atoms with E-state index >= 15 is 0 Å². The topological polar surface area (TPSA) is 58.6 Å². The standard InChI is InChI=1S/C18H15NO3/c1-22-16-11-10-12-6-2-3-7-13(12)17(16)19-15-9-5-4-8-14(15)18(20)21/h2-11,19H,1H3,(H,20,21). The maximum Gasteiger partial charge on any atom is 0.337 e. The third-order valence-corrected chi connectivity index (χ3v) is 3.53. The highest BCUT2D eigenvalue weighted by Gasteiger charge is 2.13. The van der Waals surface area contributed by atoms with Gasteiger partial charge in [-0.2, -0.15) is 0 Å². The van der Waals surface area contributed by atoms with Crippen LogP contribution in [0.1, 0.15) is 10.4 Å². The third-order valence-electron chi connectivity index (χ3n) is 3.53. The maximum absolute atomic E-state index is 11.4. The first-order chi connectivity index (χ1) is 10.7. The van der Waals surface area contributed by atoms with Crippen molar-refractivity contribution in [1.82, 2.24) is 0 Å². The summed E-state index contributed by atoms with van der Waals surface area (Å²) in [5.41, 5.74) is 1.51. The van der Waals surface area contributed by atoms with Gasteiger partial charge in [-0.3, -0.25) is 0 Å². The van der Waals surface area contributed by atoms with Gasteiger partial charge in [-0.25, -0.2) is 4.79 Å². The number of ether oxygens (including phenoxy) is 1. The highest BCUT2D eigenvalue weighted by Crippen LogP contribution is 2.36. The summed E-state index contributed by atoms with van der Waals surface area (Å²) in [5.74, 6) is -0.304. The Hall–Kier alpha value is -3.01. The number of aromatic carboxylic acids is 1. The van der Waals surface area contributed by atoms with Crippen molar-refractivity contribution in [1.29, 1.82) is 0 Å².